The number of amides is 2. The average Bonchev–Trinajstić information content (AvgIpc) is 2.46. The minimum absolute atomic E-state index is 0.0846. The number of hydrogen-bond acceptors (Lipinski definition) is 5. The van der Waals surface area contributed by atoms with Crippen LogP contribution in [-0.4, -0.2) is 22.0 Å². The number of nitrogens with one attached hydrogen (secondary N) is 2. The number of hydrogen-bond donors (Lipinski definition) is 4. The highest BCUT2D eigenvalue weighted by Gasteiger charge is 2.10. The van der Waals surface area contributed by atoms with E-state index in [0.717, 1.165) is 6.07 Å². The SMILES string of the molecule is N#CCC(=O)Nc1cccc(NC(=O)c2cc(O)cc(O)c2)c1. The van der Waals surface area contributed by atoms with Gasteiger partial charge in [-0.15, -0.1) is 0 Å². The lowest BCUT2D eigenvalue weighted by Gasteiger charge is -2.08. The van der Waals surface area contributed by atoms with Crippen LogP contribution in [0, 0.1) is 11.3 Å². The molecule has 7 nitrogen and oxygen atoms in total. The zero-order valence-corrected chi connectivity index (χ0v) is 11.9. The molecular formula is C16H13N3O4. The van der Waals surface area contributed by atoms with Crippen LogP contribution in [0.2, 0.25) is 0 Å². The van der Waals surface area contributed by atoms with Gasteiger partial charge in [0.25, 0.3) is 5.91 Å². The van der Waals surface area contributed by atoms with Gasteiger partial charge in [0.05, 0.1) is 6.07 Å². The zero-order valence-electron chi connectivity index (χ0n) is 11.9. The standard InChI is InChI=1S/C16H13N3O4/c17-5-4-15(22)18-11-2-1-3-12(8-11)19-16(23)10-6-13(20)9-14(21)7-10/h1-3,6-9,20-21H,4H2,(H,18,22)(H,19,23). The number of nitrogens with zero attached hydrogens (tertiary/aromatic N) is 1. The number of carbonyl (C=O) groups excluding carboxylic acids is 2. The zero-order chi connectivity index (χ0) is 16.8. The van der Waals surface area contributed by atoms with Gasteiger partial charge in [0, 0.05) is 23.0 Å². The fraction of sp³-hybridized carbons (Fsp3) is 0.0625. The second-order valence-corrected chi connectivity index (χ2v) is 4.66. The van der Waals surface area contributed by atoms with Crippen molar-refractivity contribution < 1.29 is 19.8 Å². The van der Waals surface area contributed by atoms with Crippen LogP contribution in [0.15, 0.2) is 42.5 Å². The van der Waals surface area contributed by atoms with E-state index in [9.17, 15) is 19.8 Å². The molecule has 4 N–H and O–H groups in total. The molecule has 23 heavy (non-hydrogen) atoms. The van der Waals surface area contributed by atoms with E-state index in [1.54, 1.807) is 24.3 Å². The van der Waals surface area contributed by atoms with E-state index in [4.69, 9.17) is 5.26 Å². The minimum Gasteiger partial charge on any atom is -0.508 e. The summed E-state index contributed by atoms with van der Waals surface area (Å²) in [5, 5.41) is 32.3. The summed E-state index contributed by atoms with van der Waals surface area (Å²) < 4.78 is 0. The Morgan fingerprint density at radius 1 is 1.00 bits per heavy atom. The number of phenols is 2. The van der Waals surface area contributed by atoms with E-state index < -0.39 is 11.8 Å². The van der Waals surface area contributed by atoms with E-state index in [1.165, 1.54) is 18.2 Å². The van der Waals surface area contributed by atoms with Crippen molar-refractivity contribution in [1.82, 2.24) is 0 Å². The number of phenolic OH excluding ortho intramolecular Hbond substituents is 2. The van der Waals surface area contributed by atoms with Crippen molar-refractivity contribution in [2.45, 2.75) is 6.42 Å². The fourth-order valence-corrected chi connectivity index (χ4v) is 1.88. The van der Waals surface area contributed by atoms with Crippen LogP contribution < -0.4 is 10.6 Å². The van der Waals surface area contributed by atoms with Gasteiger partial charge in [0.1, 0.15) is 17.9 Å². The summed E-state index contributed by atoms with van der Waals surface area (Å²) in [6.45, 7) is 0. The quantitative estimate of drug-likeness (QED) is 0.689. The maximum absolute atomic E-state index is 12.1. The molecule has 0 saturated heterocycles. The van der Waals surface area contributed by atoms with Gasteiger partial charge in [-0.05, 0) is 30.3 Å². The predicted octanol–water partition coefficient (Wildman–Crippen LogP) is 2.20. The Bertz CT molecular complexity index is 776. The van der Waals surface area contributed by atoms with E-state index >= 15 is 0 Å². The highest BCUT2D eigenvalue weighted by molar-refractivity contribution is 6.05. The topological polar surface area (TPSA) is 122 Å². The first-order valence-electron chi connectivity index (χ1n) is 6.59. The van der Waals surface area contributed by atoms with E-state index in [2.05, 4.69) is 10.6 Å². The summed E-state index contributed by atoms with van der Waals surface area (Å²) in [7, 11) is 0. The Morgan fingerprint density at radius 2 is 1.61 bits per heavy atom. The van der Waals surface area contributed by atoms with E-state index in [-0.39, 0.29) is 23.5 Å². The van der Waals surface area contributed by atoms with Crippen LogP contribution in [0.3, 0.4) is 0 Å². The van der Waals surface area contributed by atoms with Crippen LogP contribution in [0.5, 0.6) is 11.5 Å². The molecule has 0 atom stereocenters. The highest BCUT2D eigenvalue weighted by Crippen LogP contribution is 2.22. The van der Waals surface area contributed by atoms with Crippen molar-refractivity contribution in [3.8, 4) is 17.6 Å². The Morgan fingerprint density at radius 3 is 2.22 bits per heavy atom. The summed E-state index contributed by atoms with van der Waals surface area (Å²) in [6, 6.07) is 11.7. The van der Waals surface area contributed by atoms with Crippen LogP contribution in [0.25, 0.3) is 0 Å². The summed E-state index contributed by atoms with van der Waals surface area (Å²) in [5.74, 6) is -1.44. The van der Waals surface area contributed by atoms with Crippen molar-refractivity contribution >= 4 is 23.2 Å². The molecule has 7 heteroatoms. The fourth-order valence-electron chi connectivity index (χ4n) is 1.88. The van der Waals surface area contributed by atoms with Gasteiger partial charge >= 0.3 is 0 Å². The Labute approximate surface area is 131 Å². The molecule has 0 aliphatic rings. The monoisotopic (exact) mass is 311 g/mol. The minimum atomic E-state index is -0.531. The number of anilines is 2. The Hall–Kier alpha value is -3.53. The maximum atomic E-state index is 12.1. The summed E-state index contributed by atoms with van der Waals surface area (Å²) in [6.07, 6.45) is -0.265. The molecule has 0 fully saturated rings. The van der Waals surface area contributed by atoms with E-state index in [1.807, 2.05) is 0 Å². The average molecular weight is 311 g/mol. The lowest BCUT2D eigenvalue weighted by Crippen LogP contribution is -2.13. The predicted molar refractivity (Wildman–Crippen MR) is 83.0 cm³/mol. The van der Waals surface area contributed by atoms with E-state index in [0.29, 0.717) is 11.4 Å². The van der Waals surface area contributed by atoms with Crippen molar-refractivity contribution in [2.24, 2.45) is 0 Å². The lowest BCUT2D eigenvalue weighted by molar-refractivity contribution is -0.115. The first kappa shape index (κ1) is 15.9. The van der Waals surface area contributed by atoms with Crippen LogP contribution in [-0.2, 0) is 4.79 Å². The van der Waals surface area contributed by atoms with Gasteiger partial charge in [-0.3, -0.25) is 9.59 Å². The van der Waals surface area contributed by atoms with Crippen LogP contribution in [0.1, 0.15) is 16.8 Å². The summed E-state index contributed by atoms with van der Waals surface area (Å²) >= 11 is 0. The molecular weight excluding hydrogens is 298 g/mol. The van der Waals surface area contributed by atoms with Gasteiger partial charge in [-0.1, -0.05) is 6.07 Å². The maximum Gasteiger partial charge on any atom is 0.255 e. The third kappa shape index (κ3) is 4.47. The number of benzene rings is 2. The number of carbonyl (C=O) groups is 2. The summed E-state index contributed by atoms with van der Waals surface area (Å²) in [4.78, 5) is 23.5. The first-order chi connectivity index (χ1) is 11.0. The molecule has 2 aromatic carbocycles. The number of aromatic hydroxyl groups is 2. The molecule has 2 aromatic rings. The molecule has 116 valence electrons. The number of rotatable bonds is 4. The molecule has 0 saturated carbocycles. The second kappa shape index (κ2) is 6.95. The van der Waals surface area contributed by atoms with Gasteiger partial charge in [0.2, 0.25) is 5.91 Å². The molecule has 2 amide bonds. The first-order valence-corrected chi connectivity index (χ1v) is 6.59. The Kier molecular flexibility index (Phi) is 4.79. The van der Waals surface area contributed by atoms with Gasteiger partial charge in [-0.2, -0.15) is 5.26 Å². The third-order valence-corrected chi connectivity index (χ3v) is 2.81. The lowest BCUT2D eigenvalue weighted by atomic mass is 10.2. The largest absolute Gasteiger partial charge is 0.508 e. The molecule has 2 rings (SSSR count). The van der Waals surface area contributed by atoms with Crippen LogP contribution in [0.4, 0.5) is 11.4 Å². The molecule has 0 aliphatic heterocycles. The van der Waals surface area contributed by atoms with Gasteiger partial charge in [0.15, 0.2) is 0 Å². The molecule has 0 heterocycles. The molecule has 0 bridgehead atoms. The molecule has 0 unspecified atom stereocenters. The smallest absolute Gasteiger partial charge is 0.255 e. The van der Waals surface area contributed by atoms with Crippen molar-refractivity contribution in [3.63, 3.8) is 0 Å². The highest BCUT2D eigenvalue weighted by atomic mass is 16.3. The number of nitriles is 1. The Balaban J connectivity index is 2.12. The van der Waals surface area contributed by atoms with Crippen molar-refractivity contribution in [1.29, 1.82) is 5.26 Å². The van der Waals surface area contributed by atoms with Crippen molar-refractivity contribution in [2.75, 3.05) is 10.6 Å². The molecule has 0 aromatic heterocycles. The molecule has 0 aliphatic carbocycles. The molecule has 0 spiro atoms. The summed E-state index contributed by atoms with van der Waals surface area (Å²) in [5.41, 5.74) is 0.927. The van der Waals surface area contributed by atoms with Gasteiger partial charge in [-0.25, -0.2) is 0 Å². The van der Waals surface area contributed by atoms with Crippen molar-refractivity contribution in [3.05, 3.63) is 48.0 Å². The molecule has 0 radical (unpaired) electrons. The van der Waals surface area contributed by atoms with Crippen LogP contribution >= 0.6 is 0 Å². The third-order valence-electron chi connectivity index (χ3n) is 2.81. The second-order valence-electron chi connectivity index (χ2n) is 4.66. The van der Waals surface area contributed by atoms with Gasteiger partial charge < -0.3 is 20.8 Å². The normalized spacial score (nSPS) is 9.70.